The second kappa shape index (κ2) is 7.14. The Morgan fingerprint density at radius 3 is 2.64 bits per heavy atom. The minimum absolute atomic E-state index is 0.360. The standard InChI is InChI=1S/C27H22FNO3S/c1-15-17-11-12-19-18-6-3-2-5-16(18)9-10-20(19)21(17)13-22(27(15)33(30,31)32)23-14-29-25-8-4-7-24(28)26(23)25/h2-4,6-15,22,27,29H,5H2,1H3,(H,30,31,32). The van der Waals surface area contributed by atoms with Crippen LogP contribution in [-0.4, -0.2) is 23.2 Å². The largest absolute Gasteiger partial charge is 0.361 e. The molecule has 0 radical (unpaired) electrons. The van der Waals surface area contributed by atoms with Crippen LogP contribution in [0.2, 0.25) is 0 Å². The van der Waals surface area contributed by atoms with Crippen LogP contribution in [0, 0.1) is 5.82 Å². The van der Waals surface area contributed by atoms with Crippen molar-refractivity contribution >= 4 is 43.9 Å². The van der Waals surface area contributed by atoms with Crippen molar-refractivity contribution in [3.8, 4) is 0 Å². The summed E-state index contributed by atoms with van der Waals surface area (Å²) in [5.41, 5.74) is 3.25. The summed E-state index contributed by atoms with van der Waals surface area (Å²) in [6.07, 6.45) is 10.7. The number of benzene rings is 3. The molecule has 4 aromatic rings. The van der Waals surface area contributed by atoms with Crippen LogP contribution in [0.1, 0.15) is 35.4 Å². The quantitative estimate of drug-likeness (QED) is 0.440. The lowest BCUT2D eigenvalue weighted by molar-refractivity contribution is 0.447. The third-order valence-electron chi connectivity index (χ3n) is 7.22. The summed E-state index contributed by atoms with van der Waals surface area (Å²) in [5.74, 6) is -1.61. The van der Waals surface area contributed by atoms with E-state index >= 15 is 0 Å². The summed E-state index contributed by atoms with van der Waals surface area (Å²) in [7, 11) is -4.43. The van der Waals surface area contributed by atoms with E-state index in [0.717, 1.165) is 28.0 Å². The van der Waals surface area contributed by atoms with Gasteiger partial charge in [-0.2, -0.15) is 8.42 Å². The van der Waals surface area contributed by atoms with E-state index in [1.165, 1.54) is 16.8 Å². The molecule has 0 aliphatic heterocycles. The summed E-state index contributed by atoms with van der Waals surface area (Å²) in [6, 6.07) is 13.0. The molecule has 0 amide bonds. The van der Waals surface area contributed by atoms with Gasteiger partial charge in [0.15, 0.2) is 0 Å². The van der Waals surface area contributed by atoms with E-state index in [-0.39, 0.29) is 0 Å². The summed E-state index contributed by atoms with van der Waals surface area (Å²) >= 11 is 0. The molecule has 3 atom stereocenters. The van der Waals surface area contributed by atoms with Gasteiger partial charge in [-0.05, 0) is 56.5 Å². The smallest absolute Gasteiger partial charge is 0.269 e. The number of hydrogen-bond acceptors (Lipinski definition) is 2. The van der Waals surface area contributed by atoms with Crippen LogP contribution < -0.4 is 10.4 Å². The Kier molecular flexibility index (Phi) is 4.41. The molecule has 0 spiro atoms. The average molecular weight is 460 g/mol. The number of halogens is 1. The Morgan fingerprint density at radius 2 is 1.82 bits per heavy atom. The molecule has 0 fully saturated rings. The van der Waals surface area contributed by atoms with Crippen molar-refractivity contribution in [1.82, 2.24) is 4.98 Å². The first-order valence-corrected chi connectivity index (χ1v) is 12.5. The maximum absolute atomic E-state index is 14.8. The Bertz CT molecular complexity index is 1720. The monoisotopic (exact) mass is 459 g/mol. The lowest BCUT2D eigenvalue weighted by Crippen LogP contribution is -2.39. The highest BCUT2D eigenvalue weighted by atomic mass is 32.2. The topological polar surface area (TPSA) is 70.2 Å². The predicted octanol–water partition coefficient (Wildman–Crippen LogP) is 4.29. The number of hydrogen-bond donors (Lipinski definition) is 2. The number of rotatable bonds is 2. The van der Waals surface area contributed by atoms with E-state index in [9.17, 15) is 17.4 Å². The molecule has 33 heavy (non-hydrogen) atoms. The molecule has 3 unspecified atom stereocenters. The fraction of sp³-hybridized carbons (Fsp3) is 0.185. The van der Waals surface area contributed by atoms with Crippen molar-refractivity contribution in [2.24, 2.45) is 0 Å². The lowest BCUT2D eigenvalue weighted by atomic mass is 9.78. The van der Waals surface area contributed by atoms with Crippen LogP contribution in [-0.2, 0) is 16.5 Å². The number of allylic oxidation sites excluding steroid dienone is 2. The van der Waals surface area contributed by atoms with Crippen LogP contribution in [0.5, 0.6) is 0 Å². The van der Waals surface area contributed by atoms with Crippen LogP contribution in [0.4, 0.5) is 4.39 Å². The van der Waals surface area contributed by atoms with E-state index in [1.54, 1.807) is 18.3 Å². The summed E-state index contributed by atoms with van der Waals surface area (Å²) in [4.78, 5) is 3.07. The number of aromatic nitrogens is 1. The highest BCUT2D eigenvalue weighted by Crippen LogP contribution is 2.41. The van der Waals surface area contributed by atoms with Gasteiger partial charge in [0.25, 0.3) is 10.1 Å². The van der Waals surface area contributed by atoms with Gasteiger partial charge in [0.05, 0.1) is 0 Å². The van der Waals surface area contributed by atoms with Gasteiger partial charge in [-0.1, -0.05) is 61.6 Å². The molecule has 6 rings (SSSR count). The molecule has 6 heteroatoms. The second-order valence-corrected chi connectivity index (χ2v) is 10.5. The van der Waals surface area contributed by atoms with Gasteiger partial charge in [-0.15, -0.1) is 0 Å². The maximum atomic E-state index is 14.8. The summed E-state index contributed by atoms with van der Waals surface area (Å²) in [6.45, 7) is 1.82. The first kappa shape index (κ1) is 20.4. The van der Waals surface area contributed by atoms with Gasteiger partial charge in [0.2, 0.25) is 0 Å². The molecular weight excluding hydrogens is 437 g/mol. The van der Waals surface area contributed by atoms with E-state index in [2.05, 4.69) is 35.3 Å². The van der Waals surface area contributed by atoms with E-state index in [4.69, 9.17) is 0 Å². The Hall–Kier alpha value is -3.22. The number of aromatic amines is 1. The fourth-order valence-electron chi connectivity index (χ4n) is 5.73. The third-order valence-corrected chi connectivity index (χ3v) is 8.61. The molecule has 0 saturated heterocycles. The SMILES string of the molecule is CC1c2ccc3c4c(ccc3c2=CC(c2c[nH]c3cccc(F)c23)C1S(=O)(=O)O)CC=CC=4. The Morgan fingerprint density at radius 1 is 1.03 bits per heavy atom. The van der Waals surface area contributed by atoms with Crippen LogP contribution in [0.25, 0.3) is 33.8 Å². The van der Waals surface area contributed by atoms with Crippen molar-refractivity contribution in [3.63, 3.8) is 0 Å². The molecule has 1 aromatic heterocycles. The lowest BCUT2D eigenvalue weighted by Gasteiger charge is -2.32. The van der Waals surface area contributed by atoms with Gasteiger partial charge in [0.1, 0.15) is 11.1 Å². The normalized spacial score (nSPS) is 22.0. The van der Waals surface area contributed by atoms with Gasteiger partial charge in [-0.3, -0.25) is 4.55 Å². The van der Waals surface area contributed by atoms with E-state index in [0.29, 0.717) is 16.5 Å². The average Bonchev–Trinajstić information content (AvgIpc) is 3.23. The van der Waals surface area contributed by atoms with Gasteiger partial charge in [-0.25, -0.2) is 4.39 Å². The van der Waals surface area contributed by atoms with Crippen molar-refractivity contribution < 1.29 is 17.4 Å². The highest BCUT2D eigenvalue weighted by molar-refractivity contribution is 7.86. The molecule has 2 N–H and O–H groups in total. The molecule has 2 aliphatic carbocycles. The van der Waals surface area contributed by atoms with E-state index in [1.807, 2.05) is 25.1 Å². The number of nitrogens with one attached hydrogen (secondary N) is 1. The van der Waals surface area contributed by atoms with Crippen LogP contribution >= 0.6 is 0 Å². The molecular formula is C27H22FNO3S. The first-order valence-electron chi connectivity index (χ1n) is 11.0. The molecule has 3 aromatic carbocycles. The molecule has 2 aliphatic rings. The minimum Gasteiger partial charge on any atom is -0.361 e. The van der Waals surface area contributed by atoms with Crippen molar-refractivity contribution in [2.75, 3.05) is 0 Å². The summed E-state index contributed by atoms with van der Waals surface area (Å²) in [5, 5.41) is 3.50. The molecule has 1 heterocycles. The second-order valence-electron chi connectivity index (χ2n) is 8.97. The Balaban J connectivity index is 1.71. The van der Waals surface area contributed by atoms with Gasteiger partial charge >= 0.3 is 0 Å². The zero-order valence-electron chi connectivity index (χ0n) is 17.9. The molecule has 166 valence electrons. The number of H-pyrrole nitrogens is 1. The fourth-order valence-corrected chi connectivity index (χ4v) is 6.99. The molecule has 4 nitrogen and oxygen atoms in total. The van der Waals surface area contributed by atoms with Crippen LogP contribution in [0.3, 0.4) is 0 Å². The maximum Gasteiger partial charge on any atom is 0.269 e. The highest BCUT2D eigenvalue weighted by Gasteiger charge is 2.41. The zero-order valence-corrected chi connectivity index (χ0v) is 18.7. The van der Waals surface area contributed by atoms with Crippen molar-refractivity contribution in [3.05, 3.63) is 93.8 Å². The van der Waals surface area contributed by atoms with Crippen LogP contribution in [0.15, 0.2) is 60.8 Å². The predicted molar refractivity (Wildman–Crippen MR) is 130 cm³/mol. The van der Waals surface area contributed by atoms with Crippen molar-refractivity contribution in [2.45, 2.75) is 30.4 Å². The third kappa shape index (κ3) is 3.01. The molecule has 0 bridgehead atoms. The zero-order chi connectivity index (χ0) is 22.9. The number of fused-ring (bicyclic) bond motifs is 6. The van der Waals surface area contributed by atoms with Crippen molar-refractivity contribution in [1.29, 1.82) is 0 Å². The Labute approximate surface area is 190 Å². The minimum atomic E-state index is -4.43. The molecule has 0 saturated carbocycles. The first-order chi connectivity index (χ1) is 15.8. The van der Waals surface area contributed by atoms with E-state index < -0.39 is 33.0 Å². The van der Waals surface area contributed by atoms with Gasteiger partial charge < -0.3 is 4.98 Å². The van der Waals surface area contributed by atoms with Gasteiger partial charge in [0, 0.05) is 28.9 Å². The summed E-state index contributed by atoms with van der Waals surface area (Å²) < 4.78 is 50.3.